The van der Waals surface area contributed by atoms with E-state index in [0.717, 1.165) is 7.11 Å². The number of carbonyl (C=O) groups is 2. The standard InChI is InChI=1S/C10H9NO6/c1-16-9(12)10(13)17-6-7-2-4-8(5-3-7)11(14)15/h2-5H,6H2,1H3. The van der Waals surface area contributed by atoms with Gasteiger partial charge in [-0.15, -0.1) is 0 Å². The Kier molecular flexibility index (Phi) is 4.15. The van der Waals surface area contributed by atoms with Crippen LogP contribution in [0, 0.1) is 10.1 Å². The van der Waals surface area contributed by atoms with Crippen molar-refractivity contribution in [1.29, 1.82) is 0 Å². The molecular formula is C10H9NO6. The lowest BCUT2D eigenvalue weighted by Gasteiger charge is -2.02. The van der Waals surface area contributed by atoms with Crippen LogP contribution in [0.2, 0.25) is 0 Å². The Bertz CT molecular complexity index is 439. The molecule has 0 unspecified atom stereocenters. The summed E-state index contributed by atoms with van der Waals surface area (Å²) in [6.07, 6.45) is 0. The number of non-ortho nitro benzene ring substituents is 1. The predicted molar refractivity (Wildman–Crippen MR) is 54.9 cm³/mol. The second-order valence-electron chi connectivity index (χ2n) is 2.99. The van der Waals surface area contributed by atoms with E-state index < -0.39 is 16.9 Å². The minimum atomic E-state index is -1.11. The van der Waals surface area contributed by atoms with Crippen LogP contribution in [0.25, 0.3) is 0 Å². The highest BCUT2D eigenvalue weighted by Crippen LogP contribution is 2.12. The van der Waals surface area contributed by atoms with Crippen molar-refractivity contribution in [3.63, 3.8) is 0 Å². The molecule has 7 heteroatoms. The Morgan fingerprint density at radius 1 is 1.24 bits per heavy atom. The molecule has 1 rings (SSSR count). The summed E-state index contributed by atoms with van der Waals surface area (Å²) in [5, 5.41) is 10.4. The van der Waals surface area contributed by atoms with Crippen LogP contribution in [0.5, 0.6) is 0 Å². The molecule has 0 bridgehead atoms. The zero-order valence-corrected chi connectivity index (χ0v) is 8.91. The summed E-state index contributed by atoms with van der Waals surface area (Å²) in [7, 11) is 1.06. The van der Waals surface area contributed by atoms with Crippen LogP contribution in [0.15, 0.2) is 24.3 Å². The van der Waals surface area contributed by atoms with E-state index in [1.54, 1.807) is 0 Å². The summed E-state index contributed by atoms with van der Waals surface area (Å²) in [6, 6.07) is 5.42. The quantitative estimate of drug-likeness (QED) is 0.335. The Morgan fingerprint density at radius 3 is 2.29 bits per heavy atom. The van der Waals surface area contributed by atoms with Gasteiger partial charge in [-0.05, 0) is 17.7 Å². The molecule has 0 saturated heterocycles. The number of methoxy groups -OCH3 is 1. The Balaban J connectivity index is 2.56. The van der Waals surface area contributed by atoms with E-state index in [0.29, 0.717) is 5.56 Å². The van der Waals surface area contributed by atoms with Crippen molar-refractivity contribution in [3.8, 4) is 0 Å². The summed E-state index contributed by atoms with van der Waals surface area (Å²) in [5.74, 6) is -2.20. The van der Waals surface area contributed by atoms with Gasteiger partial charge in [0, 0.05) is 12.1 Å². The SMILES string of the molecule is COC(=O)C(=O)OCc1ccc([N+](=O)[O-])cc1. The van der Waals surface area contributed by atoms with E-state index in [-0.39, 0.29) is 12.3 Å². The summed E-state index contributed by atoms with van der Waals surface area (Å²) in [6.45, 7) is -0.147. The second-order valence-corrected chi connectivity index (χ2v) is 2.99. The molecule has 0 amide bonds. The third kappa shape index (κ3) is 3.56. The van der Waals surface area contributed by atoms with E-state index in [9.17, 15) is 19.7 Å². The van der Waals surface area contributed by atoms with Gasteiger partial charge in [-0.25, -0.2) is 9.59 Å². The van der Waals surface area contributed by atoms with Crippen molar-refractivity contribution >= 4 is 17.6 Å². The van der Waals surface area contributed by atoms with Gasteiger partial charge in [0.2, 0.25) is 0 Å². The Hall–Kier alpha value is -2.44. The molecule has 1 aromatic rings. The molecule has 0 N–H and O–H groups in total. The maximum absolute atomic E-state index is 10.9. The van der Waals surface area contributed by atoms with Gasteiger partial charge in [0.15, 0.2) is 0 Å². The van der Waals surface area contributed by atoms with Gasteiger partial charge in [-0.1, -0.05) is 0 Å². The first-order valence-electron chi connectivity index (χ1n) is 4.53. The first-order chi connectivity index (χ1) is 8.04. The third-order valence-electron chi connectivity index (χ3n) is 1.87. The zero-order valence-electron chi connectivity index (χ0n) is 8.91. The normalized spacial score (nSPS) is 9.47. The Labute approximate surface area is 96.1 Å². The molecule has 7 nitrogen and oxygen atoms in total. The van der Waals surface area contributed by atoms with Gasteiger partial charge in [-0.2, -0.15) is 0 Å². The van der Waals surface area contributed by atoms with Crippen LogP contribution < -0.4 is 0 Å². The highest BCUT2D eigenvalue weighted by atomic mass is 16.6. The van der Waals surface area contributed by atoms with Crippen molar-refractivity contribution in [2.45, 2.75) is 6.61 Å². The zero-order chi connectivity index (χ0) is 12.8. The van der Waals surface area contributed by atoms with Crippen LogP contribution in [-0.4, -0.2) is 24.0 Å². The molecule has 0 aliphatic carbocycles. The molecule has 0 atom stereocenters. The predicted octanol–water partition coefficient (Wildman–Crippen LogP) is 0.811. The maximum atomic E-state index is 10.9. The number of esters is 2. The first-order valence-corrected chi connectivity index (χ1v) is 4.53. The second kappa shape index (κ2) is 5.59. The number of nitro benzene ring substituents is 1. The van der Waals surface area contributed by atoms with E-state index in [1.165, 1.54) is 24.3 Å². The van der Waals surface area contributed by atoms with Crippen LogP contribution in [-0.2, 0) is 25.7 Å². The molecule has 1 aromatic carbocycles. The van der Waals surface area contributed by atoms with Crippen molar-refractivity contribution < 1.29 is 24.0 Å². The fraction of sp³-hybridized carbons (Fsp3) is 0.200. The number of hydrogen-bond donors (Lipinski definition) is 0. The Morgan fingerprint density at radius 2 is 1.82 bits per heavy atom. The minimum absolute atomic E-state index is 0.0620. The molecule has 0 saturated carbocycles. The van der Waals surface area contributed by atoms with Gasteiger partial charge >= 0.3 is 11.9 Å². The van der Waals surface area contributed by atoms with Crippen molar-refractivity contribution in [1.82, 2.24) is 0 Å². The number of carbonyl (C=O) groups excluding carboxylic acids is 2. The number of hydrogen-bond acceptors (Lipinski definition) is 6. The van der Waals surface area contributed by atoms with Gasteiger partial charge < -0.3 is 9.47 Å². The highest BCUT2D eigenvalue weighted by Gasteiger charge is 2.15. The van der Waals surface area contributed by atoms with E-state index in [1.807, 2.05) is 0 Å². The molecule has 0 heterocycles. The fourth-order valence-electron chi connectivity index (χ4n) is 1.01. The average molecular weight is 239 g/mol. The summed E-state index contributed by atoms with van der Waals surface area (Å²) < 4.78 is 8.75. The molecule has 0 radical (unpaired) electrons. The van der Waals surface area contributed by atoms with Gasteiger partial charge in [0.05, 0.1) is 12.0 Å². The van der Waals surface area contributed by atoms with Crippen molar-refractivity contribution in [3.05, 3.63) is 39.9 Å². The number of nitro groups is 1. The van der Waals surface area contributed by atoms with E-state index >= 15 is 0 Å². The molecule has 90 valence electrons. The molecule has 0 fully saturated rings. The van der Waals surface area contributed by atoms with Crippen LogP contribution in [0.4, 0.5) is 5.69 Å². The van der Waals surface area contributed by atoms with E-state index in [4.69, 9.17) is 0 Å². The number of benzene rings is 1. The van der Waals surface area contributed by atoms with Gasteiger partial charge in [-0.3, -0.25) is 10.1 Å². The number of ether oxygens (including phenoxy) is 2. The monoisotopic (exact) mass is 239 g/mol. The van der Waals surface area contributed by atoms with E-state index in [2.05, 4.69) is 9.47 Å². The van der Waals surface area contributed by atoms with Crippen LogP contribution in [0.3, 0.4) is 0 Å². The molecule has 17 heavy (non-hydrogen) atoms. The van der Waals surface area contributed by atoms with Crippen LogP contribution >= 0.6 is 0 Å². The minimum Gasteiger partial charge on any atom is -0.461 e. The summed E-state index contributed by atoms with van der Waals surface area (Å²) >= 11 is 0. The lowest BCUT2D eigenvalue weighted by Crippen LogP contribution is -2.18. The summed E-state index contributed by atoms with van der Waals surface area (Å²) in [4.78, 5) is 31.4. The molecular weight excluding hydrogens is 230 g/mol. The summed E-state index contributed by atoms with van der Waals surface area (Å²) in [5.41, 5.74) is 0.473. The molecule has 0 aromatic heterocycles. The van der Waals surface area contributed by atoms with Crippen LogP contribution in [0.1, 0.15) is 5.56 Å². The van der Waals surface area contributed by atoms with Crippen molar-refractivity contribution in [2.24, 2.45) is 0 Å². The average Bonchev–Trinajstić information content (AvgIpc) is 2.35. The third-order valence-corrected chi connectivity index (χ3v) is 1.87. The lowest BCUT2D eigenvalue weighted by molar-refractivity contribution is -0.384. The number of nitrogens with zero attached hydrogens (tertiary/aromatic N) is 1. The topological polar surface area (TPSA) is 95.7 Å². The smallest absolute Gasteiger partial charge is 0.417 e. The van der Waals surface area contributed by atoms with Crippen molar-refractivity contribution in [2.75, 3.05) is 7.11 Å². The molecule has 0 aliphatic rings. The first kappa shape index (κ1) is 12.6. The van der Waals surface area contributed by atoms with Gasteiger partial charge in [0.1, 0.15) is 6.61 Å². The fourth-order valence-corrected chi connectivity index (χ4v) is 1.01. The highest BCUT2D eigenvalue weighted by molar-refractivity contribution is 6.29. The largest absolute Gasteiger partial charge is 0.461 e. The lowest BCUT2D eigenvalue weighted by atomic mass is 10.2. The number of rotatable bonds is 3. The van der Waals surface area contributed by atoms with Gasteiger partial charge in [0.25, 0.3) is 5.69 Å². The molecule has 0 spiro atoms. The molecule has 0 aliphatic heterocycles. The maximum Gasteiger partial charge on any atom is 0.417 e.